The number of hydrogen-bond donors (Lipinski definition) is 2. The third-order valence-electron chi connectivity index (χ3n) is 2.95. The van der Waals surface area contributed by atoms with Crippen molar-refractivity contribution in [3.63, 3.8) is 0 Å². The van der Waals surface area contributed by atoms with Gasteiger partial charge in [-0.15, -0.1) is 0 Å². The van der Waals surface area contributed by atoms with E-state index in [1.165, 1.54) is 0 Å². The molecule has 3 aromatic rings. The fraction of sp³-hybridized carbons (Fsp3) is 0.0714. The first-order valence-corrected chi connectivity index (χ1v) is 5.78. The molecule has 0 bridgehead atoms. The van der Waals surface area contributed by atoms with Crippen molar-refractivity contribution < 1.29 is 0 Å². The Bertz CT molecular complexity index is 683. The normalized spacial score (nSPS) is 10.7. The number of nitrogen functional groups attached to an aromatic ring is 1. The summed E-state index contributed by atoms with van der Waals surface area (Å²) in [5.41, 5.74) is 9.48. The molecule has 0 saturated carbocycles. The summed E-state index contributed by atoms with van der Waals surface area (Å²) in [6, 6.07) is 15.7. The maximum absolute atomic E-state index is 5.66. The number of nitrogens with two attached hydrogens (primary N) is 1. The van der Waals surface area contributed by atoms with Crippen molar-refractivity contribution in [2.75, 3.05) is 11.1 Å². The number of aromatic nitrogens is 2. The van der Waals surface area contributed by atoms with Crippen LogP contribution in [0.5, 0.6) is 0 Å². The molecule has 0 saturated heterocycles. The van der Waals surface area contributed by atoms with Crippen molar-refractivity contribution in [3.8, 4) is 0 Å². The van der Waals surface area contributed by atoms with Crippen LogP contribution in [0.25, 0.3) is 11.0 Å². The van der Waals surface area contributed by atoms with Gasteiger partial charge in [0.25, 0.3) is 0 Å². The Hall–Kier alpha value is -2.49. The number of nitrogens with zero attached hydrogens (tertiary/aromatic N) is 2. The smallest absolute Gasteiger partial charge is 0.208 e. The standard InChI is InChI=1S/C14H14N4/c1-18-13-5-3-2-4-12(13)17-14(18)16-11-8-6-10(15)7-9-11/h2-9H,15H2,1H3,(H,16,17). The van der Waals surface area contributed by atoms with E-state index >= 15 is 0 Å². The molecule has 0 unspecified atom stereocenters. The summed E-state index contributed by atoms with van der Waals surface area (Å²) < 4.78 is 2.03. The van der Waals surface area contributed by atoms with Gasteiger partial charge in [0.1, 0.15) is 0 Å². The highest BCUT2D eigenvalue weighted by atomic mass is 15.2. The number of imidazole rings is 1. The third kappa shape index (κ3) is 1.78. The monoisotopic (exact) mass is 238 g/mol. The molecular formula is C14H14N4. The SMILES string of the molecule is Cn1c(Nc2ccc(N)cc2)nc2ccccc21. The number of aryl methyl sites for hydroxylation is 1. The maximum atomic E-state index is 5.66. The van der Waals surface area contributed by atoms with E-state index in [0.29, 0.717) is 0 Å². The molecule has 4 nitrogen and oxygen atoms in total. The van der Waals surface area contributed by atoms with Crippen LogP contribution in [0, 0.1) is 0 Å². The number of nitrogens with one attached hydrogen (secondary N) is 1. The molecule has 1 aromatic heterocycles. The number of benzene rings is 2. The molecule has 0 aliphatic carbocycles. The number of anilines is 3. The van der Waals surface area contributed by atoms with Gasteiger partial charge in [-0.25, -0.2) is 4.98 Å². The van der Waals surface area contributed by atoms with E-state index in [4.69, 9.17) is 5.73 Å². The van der Waals surface area contributed by atoms with E-state index in [-0.39, 0.29) is 0 Å². The topological polar surface area (TPSA) is 55.9 Å². The van der Waals surface area contributed by atoms with Crippen LogP contribution in [-0.2, 0) is 7.05 Å². The summed E-state index contributed by atoms with van der Waals surface area (Å²) in [5.74, 6) is 0.820. The van der Waals surface area contributed by atoms with E-state index in [1.807, 2.05) is 54.1 Å². The number of rotatable bonds is 2. The van der Waals surface area contributed by atoms with Crippen molar-refractivity contribution in [1.82, 2.24) is 9.55 Å². The van der Waals surface area contributed by atoms with Gasteiger partial charge in [-0.3, -0.25) is 0 Å². The van der Waals surface area contributed by atoms with Crippen molar-refractivity contribution >= 4 is 28.4 Å². The van der Waals surface area contributed by atoms with Crippen LogP contribution < -0.4 is 11.1 Å². The van der Waals surface area contributed by atoms with E-state index in [9.17, 15) is 0 Å². The summed E-state index contributed by atoms with van der Waals surface area (Å²) in [7, 11) is 2.00. The molecule has 0 aliphatic heterocycles. The van der Waals surface area contributed by atoms with Crippen LogP contribution in [0.4, 0.5) is 17.3 Å². The highest BCUT2D eigenvalue weighted by Crippen LogP contribution is 2.21. The van der Waals surface area contributed by atoms with E-state index in [2.05, 4.69) is 16.4 Å². The second kappa shape index (κ2) is 4.07. The molecule has 0 atom stereocenters. The molecule has 0 aliphatic rings. The lowest BCUT2D eigenvalue weighted by molar-refractivity contribution is 0.958. The van der Waals surface area contributed by atoms with Gasteiger partial charge < -0.3 is 15.6 Å². The van der Waals surface area contributed by atoms with E-state index in [1.54, 1.807) is 0 Å². The van der Waals surface area contributed by atoms with Gasteiger partial charge in [-0.2, -0.15) is 0 Å². The van der Waals surface area contributed by atoms with Crippen LogP contribution in [0.3, 0.4) is 0 Å². The molecule has 4 heteroatoms. The summed E-state index contributed by atoms with van der Waals surface area (Å²) in [6.45, 7) is 0. The molecular weight excluding hydrogens is 224 g/mol. The lowest BCUT2D eigenvalue weighted by Gasteiger charge is -2.06. The van der Waals surface area contributed by atoms with Crippen LogP contribution in [0.2, 0.25) is 0 Å². The molecule has 1 heterocycles. The maximum Gasteiger partial charge on any atom is 0.208 e. The fourth-order valence-corrected chi connectivity index (χ4v) is 1.95. The lowest BCUT2D eigenvalue weighted by atomic mass is 10.3. The Labute approximate surface area is 105 Å². The molecule has 0 fully saturated rings. The summed E-state index contributed by atoms with van der Waals surface area (Å²) in [5, 5.41) is 3.29. The molecule has 0 spiro atoms. The van der Waals surface area contributed by atoms with Crippen LogP contribution in [-0.4, -0.2) is 9.55 Å². The minimum Gasteiger partial charge on any atom is -0.399 e. The lowest BCUT2D eigenvalue weighted by Crippen LogP contribution is -1.99. The average Bonchev–Trinajstić information content (AvgIpc) is 2.70. The molecule has 0 radical (unpaired) electrons. The van der Waals surface area contributed by atoms with Crippen LogP contribution >= 0.6 is 0 Å². The first-order valence-electron chi connectivity index (χ1n) is 5.78. The molecule has 3 N–H and O–H groups in total. The van der Waals surface area contributed by atoms with Gasteiger partial charge in [0.05, 0.1) is 11.0 Å². The number of hydrogen-bond acceptors (Lipinski definition) is 3. The zero-order valence-electron chi connectivity index (χ0n) is 10.1. The third-order valence-corrected chi connectivity index (χ3v) is 2.95. The zero-order chi connectivity index (χ0) is 12.5. The van der Waals surface area contributed by atoms with E-state index < -0.39 is 0 Å². The molecule has 3 rings (SSSR count). The van der Waals surface area contributed by atoms with Crippen LogP contribution in [0.1, 0.15) is 0 Å². The van der Waals surface area contributed by atoms with Gasteiger partial charge in [-0.05, 0) is 36.4 Å². The van der Waals surface area contributed by atoms with Gasteiger partial charge >= 0.3 is 0 Å². The summed E-state index contributed by atoms with van der Waals surface area (Å²) in [6.07, 6.45) is 0. The van der Waals surface area contributed by atoms with Crippen molar-refractivity contribution in [3.05, 3.63) is 48.5 Å². The highest BCUT2D eigenvalue weighted by Gasteiger charge is 2.06. The molecule has 18 heavy (non-hydrogen) atoms. The van der Waals surface area contributed by atoms with Crippen molar-refractivity contribution in [1.29, 1.82) is 0 Å². The summed E-state index contributed by atoms with van der Waals surface area (Å²) >= 11 is 0. The van der Waals surface area contributed by atoms with Crippen LogP contribution in [0.15, 0.2) is 48.5 Å². The Balaban J connectivity index is 1.99. The number of para-hydroxylation sites is 2. The first-order chi connectivity index (χ1) is 8.74. The fourth-order valence-electron chi connectivity index (χ4n) is 1.95. The average molecular weight is 238 g/mol. The Morgan fingerprint density at radius 2 is 1.78 bits per heavy atom. The minimum absolute atomic E-state index is 0.755. The Kier molecular flexibility index (Phi) is 2.41. The molecule has 0 amide bonds. The molecule has 2 aromatic carbocycles. The highest BCUT2D eigenvalue weighted by molar-refractivity contribution is 5.79. The van der Waals surface area contributed by atoms with Gasteiger partial charge in [0.15, 0.2) is 0 Å². The molecule has 90 valence electrons. The quantitative estimate of drug-likeness (QED) is 0.675. The Morgan fingerprint density at radius 3 is 2.50 bits per heavy atom. The first kappa shape index (κ1) is 10.7. The van der Waals surface area contributed by atoms with Gasteiger partial charge in [0.2, 0.25) is 5.95 Å². The largest absolute Gasteiger partial charge is 0.399 e. The van der Waals surface area contributed by atoms with Crippen molar-refractivity contribution in [2.24, 2.45) is 7.05 Å². The van der Waals surface area contributed by atoms with Gasteiger partial charge in [0, 0.05) is 18.4 Å². The zero-order valence-corrected chi connectivity index (χ0v) is 10.1. The number of fused-ring (bicyclic) bond motifs is 1. The summed E-state index contributed by atoms with van der Waals surface area (Å²) in [4.78, 5) is 4.55. The predicted molar refractivity (Wildman–Crippen MR) is 74.9 cm³/mol. The van der Waals surface area contributed by atoms with Gasteiger partial charge in [-0.1, -0.05) is 12.1 Å². The second-order valence-corrected chi connectivity index (χ2v) is 4.23. The minimum atomic E-state index is 0.755. The Morgan fingerprint density at radius 1 is 1.06 bits per heavy atom. The second-order valence-electron chi connectivity index (χ2n) is 4.23. The van der Waals surface area contributed by atoms with E-state index in [0.717, 1.165) is 28.4 Å². The predicted octanol–water partition coefficient (Wildman–Crippen LogP) is 2.90. The van der Waals surface area contributed by atoms with Crippen molar-refractivity contribution in [2.45, 2.75) is 0 Å².